The van der Waals surface area contributed by atoms with Gasteiger partial charge >= 0.3 is 6.03 Å². The third-order valence-electron chi connectivity index (χ3n) is 5.28. The van der Waals surface area contributed by atoms with Gasteiger partial charge in [0.1, 0.15) is 11.3 Å². The second-order valence-corrected chi connectivity index (χ2v) is 6.56. The van der Waals surface area contributed by atoms with Gasteiger partial charge in [-0.2, -0.15) is 0 Å². The summed E-state index contributed by atoms with van der Waals surface area (Å²) in [5.41, 5.74) is 0.874. The molecule has 1 aliphatic carbocycles. The number of amides is 3. The fraction of sp³-hybridized carbons (Fsp3) is 0.688. The van der Waals surface area contributed by atoms with E-state index in [2.05, 4.69) is 17.4 Å². The molecule has 0 unspecified atom stereocenters. The third-order valence-corrected chi connectivity index (χ3v) is 5.28. The van der Waals surface area contributed by atoms with Crippen molar-refractivity contribution in [3.05, 3.63) is 17.0 Å². The van der Waals surface area contributed by atoms with Crippen molar-refractivity contribution in [3.63, 3.8) is 0 Å². The number of urea groups is 1. The molecule has 1 N–H and O–H groups in total. The molecule has 1 aliphatic heterocycles. The Hall–Kier alpha value is -1.85. The molecule has 3 rings (SSSR count). The minimum Gasteiger partial charge on any atom is -0.361 e. The number of carbonyl (C=O) groups excluding carboxylic acids is 2. The highest BCUT2D eigenvalue weighted by molar-refractivity contribution is 6.07. The molecule has 0 radical (unpaired) electrons. The molecule has 2 heterocycles. The van der Waals surface area contributed by atoms with Crippen molar-refractivity contribution in [2.45, 2.75) is 65.0 Å². The summed E-state index contributed by atoms with van der Waals surface area (Å²) in [6.45, 7) is 6.05. The SMILES string of the molecule is CCC1CCC2(CC1)NC(=O)N(Cc1c(C)noc1C)C2=O. The number of nitrogens with zero attached hydrogens (tertiary/aromatic N) is 2. The van der Waals surface area contributed by atoms with Crippen molar-refractivity contribution >= 4 is 11.9 Å². The van der Waals surface area contributed by atoms with Gasteiger partial charge < -0.3 is 9.84 Å². The number of imide groups is 1. The van der Waals surface area contributed by atoms with E-state index in [1.807, 2.05) is 6.92 Å². The van der Waals surface area contributed by atoms with E-state index in [0.29, 0.717) is 11.7 Å². The highest BCUT2D eigenvalue weighted by atomic mass is 16.5. The molecule has 1 saturated heterocycles. The highest BCUT2D eigenvalue weighted by Gasteiger charge is 2.52. The summed E-state index contributed by atoms with van der Waals surface area (Å²) in [5.74, 6) is 1.24. The van der Waals surface area contributed by atoms with Crippen LogP contribution in [0.15, 0.2) is 4.52 Å². The second-order valence-electron chi connectivity index (χ2n) is 6.56. The molecule has 1 spiro atoms. The maximum Gasteiger partial charge on any atom is 0.325 e. The van der Waals surface area contributed by atoms with Crippen molar-refractivity contribution in [1.29, 1.82) is 0 Å². The van der Waals surface area contributed by atoms with Gasteiger partial charge in [-0.05, 0) is 45.4 Å². The summed E-state index contributed by atoms with van der Waals surface area (Å²) in [4.78, 5) is 26.4. The zero-order valence-corrected chi connectivity index (χ0v) is 13.4. The Morgan fingerprint density at radius 1 is 1.32 bits per heavy atom. The van der Waals surface area contributed by atoms with E-state index in [4.69, 9.17) is 4.52 Å². The van der Waals surface area contributed by atoms with E-state index >= 15 is 0 Å². The van der Waals surface area contributed by atoms with Crippen molar-refractivity contribution < 1.29 is 14.1 Å². The normalized spacial score (nSPS) is 28.5. The molecule has 2 fully saturated rings. The van der Waals surface area contributed by atoms with Crippen molar-refractivity contribution in [1.82, 2.24) is 15.4 Å². The summed E-state index contributed by atoms with van der Waals surface area (Å²) in [6.07, 6.45) is 4.63. The van der Waals surface area contributed by atoms with Crippen molar-refractivity contribution in [3.8, 4) is 0 Å². The Bertz CT molecular complexity index is 580. The summed E-state index contributed by atoms with van der Waals surface area (Å²) >= 11 is 0. The lowest BCUT2D eigenvalue weighted by molar-refractivity contribution is -0.133. The van der Waals surface area contributed by atoms with Gasteiger partial charge in [-0.1, -0.05) is 18.5 Å². The molecule has 1 saturated carbocycles. The molecule has 1 aromatic heterocycles. The number of rotatable bonds is 3. The fourth-order valence-corrected chi connectivity index (χ4v) is 3.62. The first-order valence-corrected chi connectivity index (χ1v) is 8.02. The van der Waals surface area contributed by atoms with E-state index in [-0.39, 0.29) is 18.5 Å². The van der Waals surface area contributed by atoms with Crippen LogP contribution in [0.5, 0.6) is 0 Å². The van der Waals surface area contributed by atoms with Crippen LogP contribution in [-0.4, -0.2) is 27.5 Å². The van der Waals surface area contributed by atoms with E-state index in [1.165, 1.54) is 4.90 Å². The monoisotopic (exact) mass is 305 g/mol. The Balaban J connectivity index is 1.78. The van der Waals surface area contributed by atoms with Crippen LogP contribution in [0.1, 0.15) is 56.0 Å². The predicted octanol–water partition coefficient (Wildman–Crippen LogP) is 2.68. The number of hydrogen-bond donors (Lipinski definition) is 1. The smallest absolute Gasteiger partial charge is 0.325 e. The predicted molar refractivity (Wildman–Crippen MR) is 80.0 cm³/mol. The molecular formula is C16H23N3O3. The first kappa shape index (κ1) is 15.1. The largest absolute Gasteiger partial charge is 0.361 e. The van der Waals surface area contributed by atoms with Gasteiger partial charge in [0.25, 0.3) is 5.91 Å². The first-order valence-electron chi connectivity index (χ1n) is 8.02. The molecule has 1 aromatic rings. The molecule has 120 valence electrons. The Morgan fingerprint density at radius 2 is 2.00 bits per heavy atom. The number of nitrogens with one attached hydrogen (secondary N) is 1. The minimum atomic E-state index is -0.679. The summed E-state index contributed by atoms with van der Waals surface area (Å²) in [7, 11) is 0. The summed E-state index contributed by atoms with van der Waals surface area (Å²) < 4.78 is 5.12. The standard InChI is InChI=1S/C16H23N3O3/c1-4-12-5-7-16(8-6-12)14(20)19(15(21)17-16)9-13-10(2)18-22-11(13)3/h12H,4-9H2,1-3H3,(H,17,21). The van der Waals surface area contributed by atoms with Crippen LogP contribution in [0.2, 0.25) is 0 Å². The third kappa shape index (κ3) is 2.30. The van der Waals surface area contributed by atoms with Crippen LogP contribution in [-0.2, 0) is 11.3 Å². The average Bonchev–Trinajstić information content (AvgIpc) is 2.94. The lowest BCUT2D eigenvalue weighted by Gasteiger charge is -2.34. The minimum absolute atomic E-state index is 0.0907. The number of aromatic nitrogens is 1. The maximum atomic E-state index is 12.8. The van der Waals surface area contributed by atoms with Gasteiger partial charge in [0, 0.05) is 5.56 Å². The van der Waals surface area contributed by atoms with Crippen LogP contribution < -0.4 is 5.32 Å². The quantitative estimate of drug-likeness (QED) is 0.871. The second kappa shape index (κ2) is 5.41. The Kier molecular flexibility index (Phi) is 3.70. The number of carbonyl (C=O) groups is 2. The number of aryl methyl sites for hydroxylation is 2. The highest BCUT2D eigenvalue weighted by Crippen LogP contribution is 2.38. The van der Waals surface area contributed by atoms with Gasteiger partial charge in [0.15, 0.2) is 0 Å². The van der Waals surface area contributed by atoms with Crippen LogP contribution in [0.4, 0.5) is 4.79 Å². The fourth-order valence-electron chi connectivity index (χ4n) is 3.62. The van der Waals surface area contributed by atoms with Gasteiger partial charge in [0.2, 0.25) is 0 Å². The topological polar surface area (TPSA) is 75.4 Å². The van der Waals surface area contributed by atoms with Crippen LogP contribution in [0, 0.1) is 19.8 Å². The lowest BCUT2D eigenvalue weighted by atomic mass is 9.75. The van der Waals surface area contributed by atoms with E-state index < -0.39 is 5.54 Å². The van der Waals surface area contributed by atoms with Crippen LogP contribution >= 0.6 is 0 Å². The van der Waals surface area contributed by atoms with Crippen LogP contribution in [0.25, 0.3) is 0 Å². The molecule has 3 amide bonds. The molecule has 6 heteroatoms. The molecule has 0 atom stereocenters. The van der Waals surface area contributed by atoms with Crippen molar-refractivity contribution in [2.75, 3.05) is 0 Å². The van der Waals surface area contributed by atoms with E-state index in [1.54, 1.807) is 6.92 Å². The molecule has 2 aliphatic rings. The van der Waals surface area contributed by atoms with Gasteiger partial charge in [0.05, 0.1) is 12.2 Å². The Morgan fingerprint density at radius 3 is 2.55 bits per heavy atom. The average molecular weight is 305 g/mol. The zero-order chi connectivity index (χ0) is 15.9. The Labute approximate surface area is 130 Å². The maximum absolute atomic E-state index is 12.8. The molecule has 22 heavy (non-hydrogen) atoms. The van der Waals surface area contributed by atoms with Gasteiger partial charge in [-0.25, -0.2) is 4.79 Å². The lowest BCUT2D eigenvalue weighted by Crippen LogP contribution is -2.49. The summed E-state index contributed by atoms with van der Waals surface area (Å²) in [5, 5.41) is 6.84. The summed E-state index contributed by atoms with van der Waals surface area (Å²) in [6, 6.07) is -0.292. The molecule has 0 bridgehead atoms. The number of hydrogen-bond acceptors (Lipinski definition) is 4. The van der Waals surface area contributed by atoms with E-state index in [0.717, 1.165) is 43.4 Å². The first-order chi connectivity index (χ1) is 10.5. The van der Waals surface area contributed by atoms with Gasteiger partial charge in [-0.3, -0.25) is 9.69 Å². The molecule has 0 aromatic carbocycles. The molecular weight excluding hydrogens is 282 g/mol. The van der Waals surface area contributed by atoms with Crippen molar-refractivity contribution in [2.24, 2.45) is 5.92 Å². The van der Waals surface area contributed by atoms with Gasteiger partial charge in [-0.15, -0.1) is 0 Å². The zero-order valence-electron chi connectivity index (χ0n) is 13.4. The molecule has 6 nitrogen and oxygen atoms in total. The van der Waals surface area contributed by atoms with E-state index in [9.17, 15) is 9.59 Å². The van der Waals surface area contributed by atoms with Crippen LogP contribution in [0.3, 0.4) is 0 Å².